The second-order valence-electron chi connectivity index (χ2n) is 4.29. The van der Waals surface area contributed by atoms with Crippen LogP contribution >= 0.6 is 23.1 Å². The Kier molecular flexibility index (Phi) is 3.53. The molecule has 0 amide bonds. The molecule has 0 radical (unpaired) electrons. The monoisotopic (exact) mass is 286 g/mol. The molecule has 0 unspecified atom stereocenters. The second-order valence-corrected chi connectivity index (χ2v) is 6.64. The first-order valence-corrected chi connectivity index (χ1v) is 7.88. The van der Waals surface area contributed by atoms with Crippen molar-refractivity contribution in [3.05, 3.63) is 46.5 Å². The summed E-state index contributed by atoms with van der Waals surface area (Å²) in [5.74, 6) is 0. The van der Waals surface area contributed by atoms with Crippen molar-refractivity contribution in [2.24, 2.45) is 4.99 Å². The molecule has 3 rings (SSSR count). The number of rotatable bonds is 2. The van der Waals surface area contributed by atoms with Crippen molar-refractivity contribution in [2.45, 2.75) is 20.3 Å². The van der Waals surface area contributed by atoms with Crippen molar-refractivity contribution in [1.29, 1.82) is 0 Å². The number of allylic oxidation sites excluding steroid dienone is 3. The third kappa shape index (κ3) is 2.65. The summed E-state index contributed by atoms with van der Waals surface area (Å²) in [4.78, 5) is 10.5. The lowest BCUT2D eigenvalue weighted by molar-refractivity contribution is 1.20. The zero-order valence-electron chi connectivity index (χ0n) is 10.9. The number of hydrogen-bond acceptors (Lipinski definition) is 4. The highest BCUT2D eigenvalue weighted by Gasteiger charge is 2.11. The minimum Gasteiger partial charge on any atom is -0.254 e. The Labute approximate surface area is 121 Å². The van der Waals surface area contributed by atoms with Crippen LogP contribution in [0.1, 0.15) is 25.3 Å². The molecule has 1 aliphatic rings. The Morgan fingerprint density at radius 1 is 1.21 bits per heavy atom. The third-order valence-electron chi connectivity index (χ3n) is 2.87. The van der Waals surface area contributed by atoms with Gasteiger partial charge in [-0.3, -0.25) is 4.99 Å². The van der Waals surface area contributed by atoms with Crippen LogP contribution in [0.15, 0.2) is 46.4 Å². The van der Waals surface area contributed by atoms with E-state index in [9.17, 15) is 0 Å². The molecule has 0 N–H and O–H groups in total. The summed E-state index contributed by atoms with van der Waals surface area (Å²) < 4.78 is 1.22. The molecule has 0 saturated carbocycles. The molecule has 0 saturated heterocycles. The second kappa shape index (κ2) is 5.31. The zero-order valence-corrected chi connectivity index (χ0v) is 12.5. The maximum absolute atomic E-state index is 4.70. The molecule has 1 aromatic heterocycles. The van der Waals surface area contributed by atoms with E-state index in [1.54, 1.807) is 23.1 Å². The van der Waals surface area contributed by atoms with Gasteiger partial charge in [-0.15, -0.1) is 11.3 Å². The van der Waals surface area contributed by atoms with E-state index in [4.69, 9.17) is 4.98 Å². The molecule has 0 fully saturated rings. The Hall–Kier alpha value is -1.39. The summed E-state index contributed by atoms with van der Waals surface area (Å²) >= 11 is 3.47. The predicted molar refractivity (Wildman–Crippen MR) is 86.7 cm³/mol. The van der Waals surface area contributed by atoms with Gasteiger partial charge in [-0.25, -0.2) is 4.98 Å². The average molecular weight is 286 g/mol. The van der Waals surface area contributed by atoms with Gasteiger partial charge in [0.2, 0.25) is 0 Å². The number of hydrogen-bond donors (Lipinski definition) is 0. The van der Waals surface area contributed by atoms with Crippen molar-refractivity contribution >= 4 is 43.9 Å². The van der Waals surface area contributed by atoms with E-state index in [0.29, 0.717) is 0 Å². The van der Waals surface area contributed by atoms with Gasteiger partial charge in [0.05, 0.1) is 15.3 Å². The normalized spacial score (nSPS) is 15.8. The molecular formula is C15H14N2S2. The summed E-state index contributed by atoms with van der Waals surface area (Å²) in [6.07, 6.45) is 5.17. The van der Waals surface area contributed by atoms with Crippen molar-refractivity contribution in [2.75, 3.05) is 0 Å². The zero-order chi connectivity index (χ0) is 13.2. The maximum atomic E-state index is 4.70. The summed E-state index contributed by atoms with van der Waals surface area (Å²) in [5.41, 5.74) is 2.18. The Bertz CT molecular complexity index is 675. The van der Waals surface area contributed by atoms with Gasteiger partial charge in [-0.05, 0) is 36.5 Å². The van der Waals surface area contributed by atoms with Crippen molar-refractivity contribution in [3.8, 4) is 0 Å². The van der Waals surface area contributed by atoms with Crippen molar-refractivity contribution < 1.29 is 0 Å². The van der Waals surface area contributed by atoms with E-state index in [0.717, 1.165) is 27.6 Å². The number of aromatic nitrogens is 1. The molecule has 0 atom stereocenters. The number of benzene rings is 1. The summed E-state index contributed by atoms with van der Waals surface area (Å²) in [6.45, 7) is 4.22. The number of fused-ring (bicyclic) bond motifs is 1. The van der Waals surface area contributed by atoms with Crippen LogP contribution in [-0.4, -0.2) is 10.0 Å². The fourth-order valence-corrected chi connectivity index (χ4v) is 3.67. The Morgan fingerprint density at radius 3 is 2.84 bits per heavy atom. The van der Waals surface area contributed by atoms with Crippen LogP contribution < -0.4 is 0 Å². The quantitative estimate of drug-likeness (QED) is 0.767. The highest BCUT2D eigenvalue weighted by Crippen LogP contribution is 2.33. The van der Waals surface area contributed by atoms with Crippen LogP contribution in [-0.2, 0) is 0 Å². The fourth-order valence-electron chi connectivity index (χ4n) is 1.90. The van der Waals surface area contributed by atoms with E-state index in [2.05, 4.69) is 36.2 Å². The first kappa shape index (κ1) is 12.6. The van der Waals surface area contributed by atoms with Crippen molar-refractivity contribution in [3.63, 3.8) is 0 Å². The van der Waals surface area contributed by atoms with Gasteiger partial charge in [0.1, 0.15) is 5.01 Å². The number of thioether (sulfide) groups is 1. The van der Waals surface area contributed by atoms with E-state index in [1.807, 2.05) is 19.2 Å². The highest BCUT2D eigenvalue weighted by atomic mass is 32.2. The molecule has 4 heteroatoms. The first-order valence-electron chi connectivity index (χ1n) is 6.25. The van der Waals surface area contributed by atoms with E-state index in [1.165, 1.54) is 9.61 Å². The van der Waals surface area contributed by atoms with Gasteiger partial charge in [0, 0.05) is 11.8 Å². The highest BCUT2D eigenvalue weighted by molar-refractivity contribution is 8.17. The summed E-state index contributed by atoms with van der Waals surface area (Å²) in [5, 5.41) is 2.13. The van der Waals surface area contributed by atoms with E-state index >= 15 is 0 Å². The van der Waals surface area contributed by atoms with Gasteiger partial charge in [-0.2, -0.15) is 0 Å². The van der Waals surface area contributed by atoms with Gasteiger partial charge < -0.3 is 0 Å². The number of thiazole rings is 1. The van der Waals surface area contributed by atoms with E-state index in [-0.39, 0.29) is 0 Å². The van der Waals surface area contributed by atoms with Crippen LogP contribution in [0, 0.1) is 0 Å². The van der Waals surface area contributed by atoms with E-state index < -0.39 is 0 Å². The first-order chi connectivity index (χ1) is 9.26. The smallest absolute Gasteiger partial charge is 0.126 e. The molecule has 2 nitrogen and oxygen atoms in total. The SMILES string of the molecule is CCC1=CC(c2nc3ccccc3s2)=CN=C(C)S1. The van der Waals surface area contributed by atoms with Crippen LogP contribution in [0.4, 0.5) is 0 Å². The lowest BCUT2D eigenvalue weighted by Gasteiger charge is -2.00. The molecule has 0 aliphatic carbocycles. The predicted octanol–water partition coefficient (Wildman–Crippen LogP) is 5.10. The average Bonchev–Trinajstić information content (AvgIpc) is 2.76. The summed E-state index contributed by atoms with van der Waals surface area (Å²) in [6, 6.07) is 8.25. The Morgan fingerprint density at radius 2 is 2.05 bits per heavy atom. The third-order valence-corrected chi connectivity index (χ3v) is 5.03. The molecular weight excluding hydrogens is 272 g/mol. The van der Waals surface area contributed by atoms with Crippen molar-refractivity contribution in [1.82, 2.24) is 4.98 Å². The fraction of sp³-hybridized carbons (Fsp3) is 0.200. The lowest BCUT2D eigenvalue weighted by Crippen LogP contribution is -1.82. The van der Waals surface area contributed by atoms with Gasteiger partial charge in [0.25, 0.3) is 0 Å². The van der Waals surface area contributed by atoms with Gasteiger partial charge >= 0.3 is 0 Å². The lowest BCUT2D eigenvalue weighted by atomic mass is 10.2. The number of nitrogens with zero attached hydrogens (tertiary/aromatic N) is 2. The van der Waals surface area contributed by atoms with Crippen LogP contribution in [0.2, 0.25) is 0 Å². The van der Waals surface area contributed by atoms with Gasteiger partial charge in [0.15, 0.2) is 0 Å². The van der Waals surface area contributed by atoms with Crippen LogP contribution in [0.5, 0.6) is 0 Å². The number of aliphatic imine (C=N–C) groups is 1. The van der Waals surface area contributed by atoms with Gasteiger partial charge in [-0.1, -0.05) is 30.8 Å². The minimum absolute atomic E-state index is 1.03. The molecule has 1 aromatic carbocycles. The van der Waals surface area contributed by atoms with Crippen LogP contribution in [0.3, 0.4) is 0 Å². The summed E-state index contributed by atoms with van der Waals surface area (Å²) in [7, 11) is 0. The molecule has 96 valence electrons. The molecule has 0 spiro atoms. The largest absolute Gasteiger partial charge is 0.254 e. The molecule has 0 bridgehead atoms. The topological polar surface area (TPSA) is 25.2 Å². The minimum atomic E-state index is 1.03. The molecule has 2 heterocycles. The molecule has 1 aliphatic heterocycles. The molecule has 2 aromatic rings. The number of para-hydroxylation sites is 1. The molecule has 19 heavy (non-hydrogen) atoms. The van der Waals surface area contributed by atoms with Crippen LogP contribution in [0.25, 0.3) is 15.8 Å². The maximum Gasteiger partial charge on any atom is 0.126 e. The standard InChI is InChI=1S/C15H14N2S2/c1-3-12-8-11(9-16-10(2)18-12)15-17-13-6-4-5-7-14(13)19-15/h4-9H,3H2,1-2H3. The Balaban J connectivity index is 2.09.